The van der Waals surface area contributed by atoms with E-state index in [9.17, 15) is 4.79 Å². The number of hydrogen-bond donors (Lipinski definition) is 2. The molecule has 3 heterocycles. The van der Waals surface area contributed by atoms with E-state index in [0.29, 0.717) is 5.82 Å². The van der Waals surface area contributed by atoms with Gasteiger partial charge in [-0.3, -0.25) is 14.7 Å². The summed E-state index contributed by atoms with van der Waals surface area (Å²) in [7, 11) is 1.86. The van der Waals surface area contributed by atoms with Gasteiger partial charge in [-0.2, -0.15) is 10.2 Å². The highest BCUT2D eigenvalue weighted by Gasteiger charge is 2.31. The lowest BCUT2D eigenvalue weighted by Gasteiger charge is -2.21. The van der Waals surface area contributed by atoms with Crippen LogP contribution in [-0.2, 0) is 20.0 Å². The third-order valence-electron chi connectivity index (χ3n) is 4.90. The summed E-state index contributed by atoms with van der Waals surface area (Å²) in [6.07, 6.45) is 9.76. The Balaban J connectivity index is 1.34. The van der Waals surface area contributed by atoms with Gasteiger partial charge in [0, 0.05) is 25.4 Å². The summed E-state index contributed by atoms with van der Waals surface area (Å²) in [6, 6.07) is 1.75. The van der Waals surface area contributed by atoms with Gasteiger partial charge in [-0.1, -0.05) is 0 Å². The number of hydrogen-bond acceptors (Lipinski definition) is 4. The van der Waals surface area contributed by atoms with Crippen LogP contribution in [0.5, 0.6) is 5.75 Å². The fourth-order valence-electron chi connectivity index (χ4n) is 3.67. The van der Waals surface area contributed by atoms with E-state index in [2.05, 4.69) is 20.8 Å². The molecular weight excluding hydrogens is 320 g/mol. The lowest BCUT2D eigenvalue weighted by Crippen LogP contribution is -2.44. The van der Waals surface area contributed by atoms with Gasteiger partial charge in [0.2, 0.25) is 0 Å². The first-order valence-corrected chi connectivity index (χ1v) is 8.97. The minimum atomic E-state index is -0.220. The topological polar surface area (TPSA) is 86.0 Å². The molecule has 8 heteroatoms. The van der Waals surface area contributed by atoms with Crippen LogP contribution in [0, 0.1) is 0 Å². The summed E-state index contributed by atoms with van der Waals surface area (Å²) in [5.41, 5.74) is 1.19. The molecule has 0 aromatic carbocycles. The van der Waals surface area contributed by atoms with Gasteiger partial charge < -0.3 is 10.1 Å². The number of amides is 2. The van der Waals surface area contributed by atoms with Crippen LogP contribution in [0.2, 0.25) is 0 Å². The molecule has 1 saturated carbocycles. The molecule has 2 atom stereocenters. The Morgan fingerprint density at radius 2 is 2.24 bits per heavy atom. The van der Waals surface area contributed by atoms with Gasteiger partial charge in [0.1, 0.15) is 6.10 Å². The first-order valence-electron chi connectivity index (χ1n) is 8.97. The van der Waals surface area contributed by atoms with Crippen molar-refractivity contribution in [3.05, 3.63) is 24.2 Å². The van der Waals surface area contributed by atoms with Crippen molar-refractivity contribution in [2.45, 2.75) is 57.2 Å². The van der Waals surface area contributed by atoms with E-state index in [-0.39, 0.29) is 18.2 Å². The number of fused-ring (bicyclic) bond motifs is 1. The molecule has 2 aromatic heterocycles. The molecule has 25 heavy (non-hydrogen) atoms. The number of nitrogens with one attached hydrogen (secondary N) is 2. The molecule has 134 valence electrons. The number of carbonyl (C=O) groups excluding carboxylic acids is 1. The summed E-state index contributed by atoms with van der Waals surface area (Å²) in [6.45, 7) is 0.933. The summed E-state index contributed by atoms with van der Waals surface area (Å²) < 4.78 is 9.68. The van der Waals surface area contributed by atoms with Crippen LogP contribution in [0.3, 0.4) is 0 Å². The molecule has 1 aliphatic heterocycles. The van der Waals surface area contributed by atoms with Gasteiger partial charge in [-0.25, -0.2) is 4.79 Å². The summed E-state index contributed by atoms with van der Waals surface area (Å²) in [5, 5.41) is 14.5. The lowest BCUT2D eigenvalue weighted by molar-refractivity contribution is 0.175. The van der Waals surface area contributed by atoms with Crippen molar-refractivity contribution in [1.82, 2.24) is 24.9 Å². The van der Waals surface area contributed by atoms with Crippen LogP contribution < -0.4 is 15.4 Å². The third kappa shape index (κ3) is 3.62. The Labute approximate surface area is 146 Å². The average molecular weight is 344 g/mol. The molecule has 8 nitrogen and oxygen atoms in total. The van der Waals surface area contributed by atoms with E-state index in [1.54, 1.807) is 10.9 Å². The van der Waals surface area contributed by atoms with Crippen LogP contribution in [0.25, 0.3) is 0 Å². The van der Waals surface area contributed by atoms with Crippen molar-refractivity contribution in [2.24, 2.45) is 7.05 Å². The average Bonchev–Trinajstić information content (AvgIpc) is 3.28. The van der Waals surface area contributed by atoms with E-state index in [0.717, 1.165) is 44.4 Å². The number of rotatable bonds is 4. The molecule has 1 fully saturated rings. The summed E-state index contributed by atoms with van der Waals surface area (Å²) in [5.74, 6) is 1.36. The number of nitrogens with zero attached hydrogens (tertiary/aromatic N) is 4. The fourth-order valence-corrected chi connectivity index (χ4v) is 3.67. The van der Waals surface area contributed by atoms with E-state index >= 15 is 0 Å². The van der Waals surface area contributed by atoms with Gasteiger partial charge in [0.15, 0.2) is 11.6 Å². The first-order chi connectivity index (χ1) is 12.2. The van der Waals surface area contributed by atoms with E-state index < -0.39 is 0 Å². The maximum atomic E-state index is 12.3. The maximum absolute atomic E-state index is 12.3. The molecule has 0 spiro atoms. The Morgan fingerprint density at radius 3 is 3.04 bits per heavy atom. The van der Waals surface area contributed by atoms with Crippen molar-refractivity contribution >= 4 is 11.8 Å². The SMILES string of the molecule is Cn1cc(O[C@@H]2CCC[C@@H]2NC(=O)Nc2cc3n(n2)CCCC3)cn1. The van der Waals surface area contributed by atoms with Gasteiger partial charge in [-0.05, 0) is 38.5 Å². The Kier molecular flexibility index (Phi) is 4.33. The Hall–Kier alpha value is -2.51. The zero-order valence-electron chi connectivity index (χ0n) is 14.4. The first kappa shape index (κ1) is 16.0. The van der Waals surface area contributed by atoms with E-state index in [1.807, 2.05) is 24.0 Å². The quantitative estimate of drug-likeness (QED) is 0.889. The highest BCUT2D eigenvalue weighted by Crippen LogP contribution is 2.25. The van der Waals surface area contributed by atoms with E-state index in [1.165, 1.54) is 12.1 Å². The third-order valence-corrected chi connectivity index (χ3v) is 4.90. The number of ether oxygens (including phenoxy) is 1. The molecule has 4 rings (SSSR count). The van der Waals surface area contributed by atoms with Gasteiger partial charge in [0.05, 0.1) is 18.4 Å². The standard InChI is InChI=1S/C17H24N6O2/c1-22-11-13(10-18-22)25-15-7-4-6-14(15)19-17(24)20-16-9-12-5-2-3-8-23(12)21-16/h9-11,14-15H,2-8H2,1H3,(H2,19,20,21,24)/t14-,15+/m0/s1. The van der Waals surface area contributed by atoms with Crippen molar-refractivity contribution in [3.63, 3.8) is 0 Å². The van der Waals surface area contributed by atoms with Crippen LogP contribution >= 0.6 is 0 Å². The fraction of sp³-hybridized carbons (Fsp3) is 0.588. The van der Waals surface area contributed by atoms with Crippen LogP contribution in [-0.4, -0.2) is 37.7 Å². The molecule has 0 saturated heterocycles. The van der Waals surface area contributed by atoms with Crippen molar-refractivity contribution in [2.75, 3.05) is 5.32 Å². The molecule has 2 aromatic rings. The number of urea groups is 1. The largest absolute Gasteiger partial charge is 0.485 e. The van der Waals surface area contributed by atoms with Crippen LogP contribution in [0.4, 0.5) is 10.6 Å². The number of anilines is 1. The molecule has 0 unspecified atom stereocenters. The zero-order chi connectivity index (χ0) is 17.2. The van der Waals surface area contributed by atoms with E-state index in [4.69, 9.17) is 4.74 Å². The second kappa shape index (κ2) is 6.78. The zero-order valence-corrected chi connectivity index (χ0v) is 14.4. The van der Waals surface area contributed by atoms with Crippen LogP contribution in [0.1, 0.15) is 37.8 Å². The minimum Gasteiger partial charge on any atom is -0.485 e. The van der Waals surface area contributed by atoms with Crippen LogP contribution in [0.15, 0.2) is 18.5 Å². The van der Waals surface area contributed by atoms with Crippen molar-refractivity contribution in [1.29, 1.82) is 0 Å². The predicted octanol–water partition coefficient (Wildman–Crippen LogP) is 2.07. The predicted molar refractivity (Wildman–Crippen MR) is 92.6 cm³/mol. The molecular formula is C17H24N6O2. The summed E-state index contributed by atoms with van der Waals surface area (Å²) >= 11 is 0. The number of aromatic nitrogens is 4. The van der Waals surface area contributed by atoms with Gasteiger partial charge in [-0.15, -0.1) is 0 Å². The molecule has 1 aliphatic carbocycles. The lowest BCUT2D eigenvalue weighted by atomic mass is 10.1. The molecule has 0 radical (unpaired) electrons. The monoisotopic (exact) mass is 344 g/mol. The maximum Gasteiger partial charge on any atom is 0.320 e. The summed E-state index contributed by atoms with van der Waals surface area (Å²) in [4.78, 5) is 12.3. The second-order valence-corrected chi connectivity index (χ2v) is 6.84. The molecule has 2 amide bonds. The normalized spacial score (nSPS) is 22.4. The molecule has 2 N–H and O–H groups in total. The number of carbonyl (C=O) groups is 1. The molecule has 2 aliphatic rings. The number of aryl methyl sites for hydroxylation is 3. The molecule has 0 bridgehead atoms. The van der Waals surface area contributed by atoms with Gasteiger partial charge >= 0.3 is 6.03 Å². The van der Waals surface area contributed by atoms with Crippen molar-refractivity contribution in [3.8, 4) is 5.75 Å². The minimum absolute atomic E-state index is 0.00236. The highest BCUT2D eigenvalue weighted by atomic mass is 16.5. The smallest absolute Gasteiger partial charge is 0.320 e. The second-order valence-electron chi connectivity index (χ2n) is 6.84. The van der Waals surface area contributed by atoms with Gasteiger partial charge in [0.25, 0.3) is 0 Å². The Bertz CT molecular complexity index is 729. The van der Waals surface area contributed by atoms with Crippen molar-refractivity contribution < 1.29 is 9.53 Å². The highest BCUT2D eigenvalue weighted by molar-refractivity contribution is 5.88. The Morgan fingerprint density at radius 1 is 1.32 bits per heavy atom.